The molecule has 98 valence electrons. The van der Waals surface area contributed by atoms with Gasteiger partial charge in [-0.2, -0.15) is 0 Å². The molecule has 0 aliphatic heterocycles. The largest absolute Gasteiger partial charge is 0.351 e. The summed E-state index contributed by atoms with van der Waals surface area (Å²) in [6.07, 6.45) is 2.00. The first-order valence-corrected chi connectivity index (χ1v) is 6.90. The second-order valence-corrected chi connectivity index (χ2v) is 5.40. The molecule has 3 amide bonds. The van der Waals surface area contributed by atoms with Gasteiger partial charge in [0, 0.05) is 0 Å². The molecule has 0 saturated carbocycles. The summed E-state index contributed by atoms with van der Waals surface area (Å²) in [6, 6.07) is 9.42. The van der Waals surface area contributed by atoms with Crippen molar-refractivity contribution in [3.63, 3.8) is 0 Å². The summed E-state index contributed by atoms with van der Waals surface area (Å²) >= 11 is 1.53. The number of primary amides is 1. The number of carbonyl (C=O) groups excluding carboxylic acids is 2. The molecule has 1 rings (SSSR count). The molecule has 4 nitrogen and oxygen atoms in total. The van der Waals surface area contributed by atoms with Crippen LogP contribution in [0.2, 0.25) is 0 Å². The first-order valence-electron chi connectivity index (χ1n) is 5.85. The van der Waals surface area contributed by atoms with E-state index in [-0.39, 0.29) is 11.2 Å². The number of hydrogen-bond donors (Lipinski definition) is 2. The fraction of sp³-hybridized carbons (Fsp3) is 0.385. The third kappa shape index (κ3) is 5.72. The van der Waals surface area contributed by atoms with Crippen molar-refractivity contribution in [1.29, 1.82) is 0 Å². The summed E-state index contributed by atoms with van der Waals surface area (Å²) in [4.78, 5) is 21.9. The summed E-state index contributed by atoms with van der Waals surface area (Å²) in [6.45, 7) is 1.77. The van der Waals surface area contributed by atoms with Crippen molar-refractivity contribution < 1.29 is 9.59 Å². The molecule has 0 aromatic heterocycles. The van der Waals surface area contributed by atoms with Crippen LogP contribution in [-0.4, -0.2) is 22.9 Å². The molecule has 1 aromatic rings. The molecule has 0 unspecified atom stereocenters. The smallest absolute Gasteiger partial charge is 0.318 e. The fourth-order valence-electron chi connectivity index (χ4n) is 1.48. The predicted molar refractivity (Wildman–Crippen MR) is 74.4 cm³/mol. The summed E-state index contributed by atoms with van der Waals surface area (Å²) < 4.78 is 0. The van der Waals surface area contributed by atoms with Gasteiger partial charge >= 0.3 is 6.03 Å². The Morgan fingerprint density at radius 2 is 2.00 bits per heavy atom. The molecule has 0 aliphatic carbocycles. The second kappa shape index (κ2) is 7.76. The SMILES string of the molecule is C[C@H](SCCCc1ccccc1)C(=O)NC(N)=O. The first-order chi connectivity index (χ1) is 8.59. The Balaban J connectivity index is 2.18. The molecular weight excluding hydrogens is 248 g/mol. The molecule has 0 heterocycles. The molecule has 1 atom stereocenters. The maximum absolute atomic E-state index is 11.4. The molecule has 0 spiro atoms. The lowest BCUT2D eigenvalue weighted by atomic mass is 10.1. The quantitative estimate of drug-likeness (QED) is 0.773. The van der Waals surface area contributed by atoms with Gasteiger partial charge in [0.15, 0.2) is 0 Å². The van der Waals surface area contributed by atoms with Crippen LogP contribution in [0.25, 0.3) is 0 Å². The molecular formula is C13H18N2O2S. The van der Waals surface area contributed by atoms with Gasteiger partial charge in [0.1, 0.15) is 0 Å². The third-order valence-corrected chi connectivity index (χ3v) is 3.67. The van der Waals surface area contributed by atoms with Crippen LogP contribution in [-0.2, 0) is 11.2 Å². The number of hydrogen-bond acceptors (Lipinski definition) is 3. The molecule has 5 heteroatoms. The number of rotatable bonds is 6. The van der Waals surface area contributed by atoms with E-state index >= 15 is 0 Å². The first kappa shape index (κ1) is 14.6. The molecule has 18 heavy (non-hydrogen) atoms. The van der Waals surface area contributed by atoms with Crippen LogP contribution in [0.3, 0.4) is 0 Å². The van der Waals surface area contributed by atoms with Crippen LogP contribution in [0.1, 0.15) is 18.9 Å². The number of thioether (sulfide) groups is 1. The highest BCUT2D eigenvalue weighted by Gasteiger charge is 2.14. The molecule has 0 fully saturated rings. The van der Waals surface area contributed by atoms with Gasteiger partial charge in [0.2, 0.25) is 5.91 Å². The molecule has 0 radical (unpaired) electrons. The zero-order chi connectivity index (χ0) is 13.4. The average molecular weight is 266 g/mol. The number of carbonyl (C=O) groups is 2. The van der Waals surface area contributed by atoms with Gasteiger partial charge in [-0.3, -0.25) is 10.1 Å². The van der Waals surface area contributed by atoms with E-state index in [1.165, 1.54) is 17.3 Å². The number of aryl methyl sites for hydroxylation is 1. The minimum absolute atomic E-state index is 0.256. The Hall–Kier alpha value is -1.49. The average Bonchev–Trinajstić information content (AvgIpc) is 2.34. The lowest BCUT2D eigenvalue weighted by Gasteiger charge is -2.09. The Morgan fingerprint density at radius 3 is 2.61 bits per heavy atom. The molecule has 0 bridgehead atoms. The number of imide groups is 1. The minimum Gasteiger partial charge on any atom is -0.351 e. The van der Waals surface area contributed by atoms with Gasteiger partial charge in [-0.15, -0.1) is 11.8 Å². The van der Waals surface area contributed by atoms with Crippen molar-refractivity contribution >= 4 is 23.7 Å². The zero-order valence-electron chi connectivity index (χ0n) is 10.4. The maximum atomic E-state index is 11.4. The predicted octanol–water partition coefficient (Wildman–Crippen LogP) is 1.94. The Bertz CT molecular complexity index is 395. The summed E-state index contributed by atoms with van der Waals surface area (Å²) in [5, 5.41) is 1.82. The minimum atomic E-state index is -0.795. The zero-order valence-corrected chi connectivity index (χ0v) is 11.2. The van der Waals surface area contributed by atoms with Crippen LogP contribution in [0, 0.1) is 0 Å². The van der Waals surface area contributed by atoms with E-state index in [2.05, 4.69) is 17.4 Å². The fourth-order valence-corrected chi connectivity index (χ4v) is 2.35. The number of nitrogens with one attached hydrogen (secondary N) is 1. The van der Waals surface area contributed by atoms with Crippen molar-refractivity contribution in [2.75, 3.05) is 5.75 Å². The maximum Gasteiger partial charge on any atom is 0.318 e. The van der Waals surface area contributed by atoms with Crippen molar-refractivity contribution in [2.24, 2.45) is 5.73 Å². The highest BCUT2D eigenvalue weighted by molar-refractivity contribution is 8.00. The number of amides is 3. The number of benzene rings is 1. The van der Waals surface area contributed by atoms with Gasteiger partial charge in [-0.05, 0) is 31.1 Å². The monoisotopic (exact) mass is 266 g/mol. The highest BCUT2D eigenvalue weighted by atomic mass is 32.2. The van der Waals surface area contributed by atoms with Crippen LogP contribution in [0.4, 0.5) is 4.79 Å². The van der Waals surface area contributed by atoms with Gasteiger partial charge in [0.05, 0.1) is 5.25 Å². The van der Waals surface area contributed by atoms with Crippen LogP contribution < -0.4 is 11.1 Å². The lowest BCUT2D eigenvalue weighted by Crippen LogP contribution is -2.39. The van der Waals surface area contributed by atoms with Gasteiger partial charge in [0.25, 0.3) is 0 Å². The van der Waals surface area contributed by atoms with E-state index in [1.807, 2.05) is 18.2 Å². The van der Waals surface area contributed by atoms with Crippen molar-refractivity contribution in [3.05, 3.63) is 35.9 Å². The normalized spacial score (nSPS) is 11.8. The second-order valence-electron chi connectivity index (χ2n) is 3.96. The van der Waals surface area contributed by atoms with Crippen molar-refractivity contribution in [3.8, 4) is 0 Å². The number of nitrogens with two attached hydrogens (primary N) is 1. The highest BCUT2D eigenvalue weighted by Crippen LogP contribution is 2.13. The molecule has 1 aromatic carbocycles. The van der Waals surface area contributed by atoms with E-state index in [1.54, 1.807) is 6.92 Å². The molecule has 0 saturated heterocycles. The topological polar surface area (TPSA) is 72.2 Å². The summed E-state index contributed by atoms with van der Waals surface area (Å²) in [7, 11) is 0. The van der Waals surface area contributed by atoms with E-state index < -0.39 is 6.03 Å². The van der Waals surface area contributed by atoms with E-state index in [0.29, 0.717) is 0 Å². The Morgan fingerprint density at radius 1 is 1.33 bits per heavy atom. The van der Waals surface area contributed by atoms with Gasteiger partial charge in [-0.1, -0.05) is 30.3 Å². The molecule has 0 aliphatic rings. The molecule has 3 N–H and O–H groups in total. The summed E-state index contributed by atoms with van der Waals surface area (Å²) in [5.41, 5.74) is 6.18. The Kier molecular flexibility index (Phi) is 6.28. The van der Waals surface area contributed by atoms with Crippen LogP contribution >= 0.6 is 11.8 Å². The van der Waals surface area contributed by atoms with Gasteiger partial charge in [-0.25, -0.2) is 4.79 Å². The van der Waals surface area contributed by atoms with Crippen LogP contribution in [0.5, 0.6) is 0 Å². The van der Waals surface area contributed by atoms with Crippen molar-refractivity contribution in [1.82, 2.24) is 5.32 Å². The lowest BCUT2D eigenvalue weighted by molar-refractivity contribution is -0.119. The summed E-state index contributed by atoms with van der Waals surface area (Å²) in [5.74, 6) is 0.551. The van der Waals surface area contributed by atoms with Crippen LogP contribution in [0.15, 0.2) is 30.3 Å². The van der Waals surface area contributed by atoms with Gasteiger partial charge < -0.3 is 5.73 Å². The standard InChI is InChI=1S/C13H18N2O2S/c1-10(12(16)15-13(14)17)18-9-5-8-11-6-3-2-4-7-11/h2-4,6-7,10H,5,8-9H2,1H3,(H3,14,15,16,17)/t10-/m0/s1. The van der Waals surface area contributed by atoms with E-state index in [4.69, 9.17) is 5.73 Å². The van der Waals surface area contributed by atoms with E-state index in [9.17, 15) is 9.59 Å². The number of urea groups is 1. The Labute approximate surface area is 111 Å². The van der Waals surface area contributed by atoms with E-state index in [0.717, 1.165) is 18.6 Å². The third-order valence-electron chi connectivity index (χ3n) is 2.44. The van der Waals surface area contributed by atoms with Crippen molar-refractivity contribution in [2.45, 2.75) is 25.0 Å².